The number of fused-ring (bicyclic) bond motifs is 1. The molecule has 3 nitrogen and oxygen atoms in total. The Morgan fingerprint density at radius 2 is 1.60 bits per heavy atom. The van der Waals surface area contributed by atoms with Crippen LogP contribution in [0.4, 0.5) is 8.78 Å². The van der Waals surface area contributed by atoms with Gasteiger partial charge in [-0.15, -0.1) is 0 Å². The van der Waals surface area contributed by atoms with Gasteiger partial charge in [-0.1, -0.05) is 18.2 Å². The Morgan fingerprint density at radius 1 is 0.800 bits per heavy atom. The number of nitrogens with zero attached hydrogens (tertiary/aromatic N) is 3. The highest BCUT2D eigenvalue weighted by Crippen LogP contribution is 2.23. The maximum atomic E-state index is 14.0. The van der Waals surface area contributed by atoms with Gasteiger partial charge < -0.3 is 0 Å². The number of hydrogen-bond acceptors (Lipinski definition) is 3. The van der Waals surface area contributed by atoms with E-state index in [0.717, 1.165) is 5.56 Å². The summed E-state index contributed by atoms with van der Waals surface area (Å²) in [5.74, 6) is -0.572. The molecule has 2 heterocycles. The van der Waals surface area contributed by atoms with E-state index in [1.165, 1.54) is 24.5 Å². The van der Waals surface area contributed by atoms with Crippen LogP contribution >= 0.6 is 0 Å². The number of aromatic nitrogens is 3. The Balaban J connectivity index is 1.81. The van der Waals surface area contributed by atoms with Gasteiger partial charge in [0, 0.05) is 12.0 Å². The molecule has 0 fully saturated rings. The van der Waals surface area contributed by atoms with Gasteiger partial charge in [-0.2, -0.15) is 0 Å². The molecule has 0 aliphatic rings. The molecule has 5 heteroatoms. The lowest BCUT2D eigenvalue weighted by Gasteiger charge is -2.08. The van der Waals surface area contributed by atoms with Gasteiger partial charge in [-0.25, -0.2) is 23.7 Å². The van der Waals surface area contributed by atoms with Crippen LogP contribution in [0.5, 0.6) is 0 Å². The van der Waals surface area contributed by atoms with Crippen LogP contribution in [-0.2, 0) is 6.42 Å². The van der Waals surface area contributed by atoms with Gasteiger partial charge in [0.1, 0.15) is 23.5 Å². The van der Waals surface area contributed by atoms with Crippen LogP contribution in [0.2, 0.25) is 0 Å². The monoisotopic (exact) mass is 333 g/mol. The van der Waals surface area contributed by atoms with E-state index in [1.807, 2.05) is 12.1 Å². The Labute approximate surface area is 143 Å². The zero-order valence-corrected chi connectivity index (χ0v) is 13.2. The Bertz CT molecular complexity index is 1050. The highest BCUT2D eigenvalue weighted by atomic mass is 19.1. The topological polar surface area (TPSA) is 38.7 Å². The molecule has 4 rings (SSSR count). The van der Waals surface area contributed by atoms with Crippen molar-refractivity contribution in [2.75, 3.05) is 0 Å². The Morgan fingerprint density at radius 3 is 2.40 bits per heavy atom. The largest absolute Gasteiger partial charge is 0.244 e. The fraction of sp³-hybridized carbons (Fsp3) is 0.0500. The molecule has 122 valence electrons. The van der Waals surface area contributed by atoms with E-state index in [0.29, 0.717) is 34.4 Å². The molecular weight excluding hydrogens is 320 g/mol. The first kappa shape index (κ1) is 15.3. The quantitative estimate of drug-likeness (QED) is 0.552. The zero-order valence-electron chi connectivity index (χ0n) is 13.2. The van der Waals surface area contributed by atoms with Gasteiger partial charge in [-0.05, 0) is 48.0 Å². The minimum Gasteiger partial charge on any atom is -0.244 e. The third-order valence-corrected chi connectivity index (χ3v) is 4.01. The van der Waals surface area contributed by atoms with Crippen LogP contribution in [0.25, 0.3) is 22.3 Å². The summed E-state index contributed by atoms with van der Waals surface area (Å²) in [4.78, 5) is 13.2. The van der Waals surface area contributed by atoms with Crippen molar-refractivity contribution in [3.63, 3.8) is 0 Å². The highest BCUT2D eigenvalue weighted by Gasteiger charge is 2.11. The van der Waals surface area contributed by atoms with E-state index in [4.69, 9.17) is 0 Å². The van der Waals surface area contributed by atoms with Gasteiger partial charge in [0.2, 0.25) is 0 Å². The molecule has 0 saturated heterocycles. The summed E-state index contributed by atoms with van der Waals surface area (Å²) < 4.78 is 27.1. The van der Waals surface area contributed by atoms with Crippen LogP contribution in [0.15, 0.2) is 67.0 Å². The lowest BCUT2D eigenvalue weighted by atomic mass is 10.1. The molecule has 0 spiro atoms. The van der Waals surface area contributed by atoms with Crippen LogP contribution in [-0.4, -0.2) is 15.0 Å². The standard InChI is InChI=1S/C20H13F2N3/c21-15-7-5-13(6-8-15)17-9-10-18-20(25-17)19(24-12-23-18)11-14-3-1-2-4-16(14)22/h1-10,12H,11H2. The van der Waals surface area contributed by atoms with Gasteiger partial charge >= 0.3 is 0 Å². The molecule has 2 aromatic heterocycles. The molecule has 4 aromatic rings. The summed E-state index contributed by atoms with van der Waals surface area (Å²) in [6.45, 7) is 0. The van der Waals surface area contributed by atoms with Crippen molar-refractivity contribution in [3.05, 3.63) is 89.9 Å². The number of pyridine rings is 1. The molecular formula is C20H13F2N3. The molecule has 0 saturated carbocycles. The number of halogens is 2. The minimum absolute atomic E-state index is 0.274. The van der Waals surface area contributed by atoms with Crippen molar-refractivity contribution in [3.8, 4) is 11.3 Å². The van der Waals surface area contributed by atoms with Crippen LogP contribution in [0.1, 0.15) is 11.3 Å². The maximum absolute atomic E-state index is 14.0. The molecule has 2 aromatic carbocycles. The first-order valence-electron chi connectivity index (χ1n) is 7.81. The van der Waals surface area contributed by atoms with Gasteiger partial charge in [0.05, 0.1) is 16.9 Å². The fourth-order valence-corrected chi connectivity index (χ4v) is 2.72. The first-order chi connectivity index (χ1) is 12.2. The van der Waals surface area contributed by atoms with Crippen molar-refractivity contribution in [2.45, 2.75) is 6.42 Å². The molecule has 0 bridgehead atoms. The second-order valence-corrected chi connectivity index (χ2v) is 5.66. The van der Waals surface area contributed by atoms with E-state index in [-0.39, 0.29) is 11.6 Å². The second kappa shape index (κ2) is 6.36. The van der Waals surface area contributed by atoms with Crippen molar-refractivity contribution < 1.29 is 8.78 Å². The van der Waals surface area contributed by atoms with Crippen molar-refractivity contribution in [1.29, 1.82) is 0 Å². The van der Waals surface area contributed by atoms with Crippen molar-refractivity contribution in [2.24, 2.45) is 0 Å². The molecule has 0 atom stereocenters. The Kier molecular flexibility index (Phi) is 3.90. The maximum Gasteiger partial charge on any atom is 0.126 e. The minimum atomic E-state index is -0.298. The molecule has 25 heavy (non-hydrogen) atoms. The third kappa shape index (κ3) is 3.08. The SMILES string of the molecule is Fc1ccc(-c2ccc3ncnc(Cc4ccccc4F)c3n2)cc1. The molecule has 0 aliphatic heterocycles. The zero-order chi connectivity index (χ0) is 17.2. The predicted octanol–water partition coefficient (Wildman–Crippen LogP) is 4.56. The van der Waals surface area contributed by atoms with Crippen molar-refractivity contribution >= 4 is 11.0 Å². The van der Waals surface area contributed by atoms with Gasteiger partial charge in [0.25, 0.3) is 0 Å². The van der Waals surface area contributed by atoms with Crippen LogP contribution < -0.4 is 0 Å². The van der Waals surface area contributed by atoms with Gasteiger partial charge in [0.15, 0.2) is 0 Å². The number of hydrogen-bond donors (Lipinski definition) is 0. The van der Waals surface area contributed by atoms with E-state index in [2.05, 4.69) is 15.0 Å². The van der Waals surface area contributed by atoms with Crippen molar-refractivity contribution in [1.82, 2.24) is 15.0 Å². The van der Waals surface area contributed by atoms with Gasteiger partial charge in [-0.3, -0.25) is 0 Å². The number of benzene rings is 2. The molecule has 0 N–H and O–H groups in total. The van der Waals surface area contributed by atoms with E-state index < -0.39 is 0 Å². The average molecular weight is 333 g/mol. The summed E-state index contributed by atoms with van der Waals surface area (Å²) in [6, 6.07) is 16.4. The summed E-state index contributed by atoms with van der Waals surface area (Å²) in [6.07, 6.45) is 1.78. The molecule has 0 unspecified atom stereocenters. The van der Waals surface area contributed by atoms with E-state index in [9.17, 15) is 8.78 Å². The second-order valence-electron chi connectivity index (χ2n) is 5.66. The highest BCUT2D eigenvalue weighted by molar-refractivity contribution is 5.80. The van der Waals surface area contributed by atoms with E-state index in [1.54, 1.807) is 30.3 Å². The summed E-state index contributed by atoms with van der Waals surface area (Å²) in [5.41, 5.74) is 4.00. The smallest absolute Gasteiger partial charge is 0.126 e. The first-order valence-corrected chi connectivity index (χ1v) is 7.81. The summed E-state index contributed by atoms with van der Waals surface area (Å²) >= 11 is 0. The lowest BCUT2D eigenvalue weighted by molar-refractivity contribution is 0.613. The molecule has 0 amide bonds. The summed E-state index contributed by atoms with van der Waals surface area (Å²) in [5, 5.41) is 0. The predicted molar refractivity (Wildman–Crippen MR) is 91.9 cm³/mol. The lowest BCUT2D eigenvalue weighted by Crippen LogP contribution is -2.00. The van der Waals surface area contributed by atoms with Crippen LogP contribution in [0.3, 0.4) is 0 Å². The molecule has 0 aliphatic carbocycles. The summed E-state index contributed by atoms with van der Waals surface area (Å²) in [7, 11) is 0. The van der Waals surface area contributed by atoms with E-state index >= 15 is 0 Å². The molecule has 0 radical (unpaired) electrons. The van der Waals surface area contributed by atoms with Crippen LogP contribution in [0, 0.1) is 11.6 Å². The fourth-order valence-electron chi connectivity index (χ4n) is 2.72. The number of rotatable bonds is 3. The average Bonchev–Trinajstić information content (AvgIpc) is 2.64. The third-order valence-electron chi connectivity index (χ3n) is 4.01. The normalized spacial score (nSPS) is 11.0. The Hall–Kier alpha value is -3.21.